The van der Waals surface area contributed by atoms with Crippen molar-refractivity contribution < 1.29 is 5.11 Å². The Morgan fingerprint density at radius 2 is 1.92 bits per heavy atom. The van der Waals surface area contributed by atoms with Gasteiger partial charge in [-0.3, -0.25) is 0 Å². The lowest BCUT2D eigenvalue weighted by Gasteiger charge is -2.00. The first-order chi connectivity index (χ1) is 5.77. The lowest BCUT2D eigenvalue weighted by atomic mass is 10.1. The van der Waals surface area contributed by atoms with Crippen molar-refractivity contribution in [3.05, 3.63) is 54.6 Å². The fraction of sp³-hybridized carbons (Fsp3) is 0.0909. The summed E-state index contributed by atoms with van der Waals surface area (Å²) in [5.41, 5.74) is 2.86. The molecule has 0 aromatic heterocycles. The second-order valence-electron chi connectivity index (χ2n) is 2.58. The Kier molecular flexibility index (Phi) is 2.83. The second kappa shape index (κ2) is 3.88. The highest BCUT2D eigenvalue weighted by molar-refractivity contribution is 5.71. The zero-order valence-corrected chi connectivity index (χ0v) is 6.96. The van der Waals surface area contributed by atoms with Gasteiger partial charge in [-0.05, 0) is 16.7 Å². The number of aliphatic hydroxyl groups excluding tert-OH is 1. The van der Waals surface area contributed by atoms with Crippen molar-refractivity contribution >= 4 is 5.57 Å². The predicted octanol–water partition coefficient (Wildman–Crippen LogP) is 2.38. The Morgan fingerprint density at radius 1 is 1.33 bits per heavy atom. The molecule has 0 bridgehead atoms. The molecule has 1 aromatic rings. The van der Waals surface area contributed by atoms with Crippen molar-refractivity contribution in [1.29, 1.82) is 0 Å². The van der Waals surface area contributed by atoms with Gasteiger partial charge in [0.05, 0.1) is 6.61 Å². The van der Waals surface area contributed by atoms with Crippen LogP contribution in [0.3, 0.4) is 0 Å². The molecule has 0 saturated heterocycles. The molecule has 1 N–H and O–H groups in total. The highest BCUT2D eigenvalue weighted by Gasteiger charge is 1.93. The van der Waals surface area contributed by atoms with Gasteiger partial charge in [0.15, 0.2) is 0 Å². The maximum Gasteiger partial charge on any atom is 0.0681 e. The average Bonchev–Trinajstić information content (AvgIpc) is 2.17. The zero-order chi connectivity index (χ0) is 8.97. The summed E-state index contributed by atoms with van der Waals surface area (Å²) in [4.78, 5) is 0. The lowest BCUT2D eigenvalue weighted by Crippen LogP contribution is -1.83. The summed E-state index contributed by atoms with van der Waals surface area (Å²) in [5.74, 6) is 0. The molecule has 0 unspecified atom stereocenters. The van der Waals surface area contributed by atoms with Gasteiger partial charge >= 0.3 is 0 Å². The van der Waals surface area contributed by atoms with Crippen LogP contribution in [0.25, 0.3) is 5.57 Å². The maximum absolute atomic E-state index is 8.78. The van der Waals surface area contributed by atoms with Crippen molar-refractivity contribution in [1.82, 2.24) is 0 Å². The highest BCUT2D eigenvalue weighted by Crippen LogP contribution is 2.13. The number of benzene rings is 1. The van der Waals surface area contributed by atoms with E-state index in [4.69, 9.17) is 5.11 Å². The van der Waals surface area contributed by atoms with E-state index in [1.54, 1.807) is 6.08 Å². The van der Waals surface area contributed by atoms with Crippen LogP contribution in [-0.4, -0.2) is 5.11 Å². The normalized spacial score (nSPS) is 9.42. The van der Waals surface area contributed by atoms with E-state index in [-0.39, 0.29) is 6.61 Å². The quantitative estimate of drug-likeness (QED) is 0.673. The molecule has 62 valence electrons. The van der Waals surface area contributed by atoms with Gasteiger partial charge in [-0.25, -0.2) is 0 Å². The van der Waals surface area contributed by atoms with Crippen LogP contribution in [0, 0.1) is 0 Å². The van der Waals surface area contributed by atoms with Crippen LogP contribution in [0.4, 0.5) is 0 Å². The van der Waals surface area contributed by atoms with E-state index in [0.717, 1.165) is 16.7 Å². The van der Waals surface area contributed by atoms with Crippen LogP contribution < -0.4 is 0 Å². The van der Waals surface area contributed by atoms with Gasteiger partial charge < -0.3 is 5.11 Å². The van der Waals surface area contributed by atoms with E-state index in [2.05, 4.69) is 13.2 Å². The minimum Gasteiger partial charge on any atom is -0.392 e. The first kappa shape index (κ1) is 8.75. The molecule has 0 amide bonds. The fourth-order valence-corrected chi connectivity index (χ4v) is 0.942. The van der Waals surface area contributed by atoms with Crippen LogP contribution >= 0.6 is 0 Å². The average molecular weight is 160 g/mol. The number of hydrogen-bond acceptors (Lipinski definition) is 1. The summed E-state index contributed by atoms with van der Waals surface area (Å²) >= 11 is 0. The Morgan fingerprint density at radius 3 is 2.33 bits per heavy atom. The molecule has 0 aliphatic heterocycles. The highest BCUT2D eigenvalue weighted by atomic mass is 16.3. The van der Waals surface area contributed by atoms with Gasteiger partial charge in [0.25, 0.3) is 0 Å². The molecule has 0 aliphatic rings. The molecule has 0 fully saturated rings. The van der Waals surface area contributed by atoms with E-state index in [1.165, 1.54) is 0 Å². The number of allylic oxidation sites excluding steroid dienone is 2. The van der Waals surface area contributed by atoms with Crippen LogP contribution in [0.15, 0.2) is 43.5 Å². The Labute approximate surface area is 72.7 Å². The van der Waals surface area contributed by atoms with Crippen molar-refractivity contribution in [2.75, 3.05) is 0 Å². The molecule has 1 nitrogen and oxygen atoms in total. The number of aliphatic hydroxyl groups is 1. The molecule has 1 heteroatoms. The molecule has 0 heterocycles. The lowest BCUT2D eigenvalue weighted by molar-refractivity contribution is 0.282. The Bertz CT molecular complexity index is 282. The minimum atomic E-state index is 0.0842. The SMILES string of the molecule is C=CC(=C)c1ccc(CO)cc1. The Balaban J connectivity index is 2.91. The third kappa shape index (κ3) is 1.83. The molecule has 12 heavy (non-hydrogen) atoms. The third-order valence-electron chi connectivity index (χ3n) is 1.75. The predicted molar refractivity (Wildman–Crippen MR) is 51.6 cm³/mol. The zero-order valence-electron chi connectivity index (χ0n) is 6.96. The van der Waals surface area contributed by atoms with Gasteiger partial charge in [0, 0.05) is 0 Å². The molecule has 0 atom stereocenters. The number of rotatable bonds is 3. The first-order valence-corrected chi connectivity index (χ1v) is 3.79. The van der Waals surface area contributed by atoms with E-state index in [9.17, 15) is 0 Å². The van der Waals surface area contributed by atoms with Crippen molar-refractivity contribution in [2.24, 2.45) is 0 Å². The van der Waals surface area contributed by atoms with Crippen LogP contribution in [0.5, 0.6) is 0 Å². The third-order valence-corrected chi connectivity index (χ3v) is 1.75. The summed E-state index contributed by atoms with van der Waals surface area (Å²) in [5, 5.41) is 8.78. The van der Waals surface area contributed by atoms with Crippen molar-refractivity contribution in [3.63, 3.8) is 0 Å². The molecule has 0 spiro atoms. The van der Waals surface area contributed by atoms with Crippen molar-refractivity contribution in [2.45, 2.75) is 6.61 Å². The van der Waals surface area contributed by atoms with Crippen LogP contribution in [-0.2, 0) is 6.61 Å². The summed E-state index contributed by atoms with van der Waals surface area (Å²) in [7, 11) is 0. The molecule has 0 saturated carbocycles. The van der Waals surface area contributed by atoms with E-state index in [0.29, 0.717) is 0 Å². The van der Waals surface area contributed by atoms with Gasteiger partial charge in [-0.15, -0.1) is 0 Å². The second-order valence-corrected chi connectivity index (χ2v) is 2.58. The van der Waals surface area contributed by atoms with Gasteiger partial charge in [-0.2, -0.15) is 0 Å². The summed E-state index contributed by atoms with van der Waals surface area (Å²) in [6, 6.07) is 7.61. The van der Waals surface area contributed by atoms with Gasteiger partial charge in [-0.1, -0.05) is 43.5 Å². The Hall–Kier alpha value is -1.34. The summed E-state index contributed by atoms with van der Waals surface area (Å²) in [6.07, 6.45) is 1.72. The monoisotopic (exact) mass is 160 g/mol. The number of hydrogen-bond donors (Lipinski definition) is 1. The molecular formula is C11H12O. The summed E-state index contributed by atoms with van der Waals surface area (Å²) < 4.78 is 0. The van der Waals surface area contributed by atoms with Crippen LogP contribution in [0.1, 0.15) is 11.1 Å². The van der Waals surface area contributed by atoms with E-state index in [1.807, 2.05) is 24.3 Å². The largest absolute Gasteiger partial charge is 0.392 e. The first-order valence-electron chi connectivity index (χ1n) is 3.79. The topological polar surface area (TPSA) is 20.2 Å². The van der Waals surface area contributed by atoms with Gasteiger partial charge in [0.2, 0.25) is 0 Å². The fourth-order valence-electron chi connectivity index (χ4n) is 0.942. The molecular weight excluding hydrogens is 148 g/mol. The van der Waals surface area contributed by atoms with Gasteiger partial charge in [0.1, 0.15) is 0 Å². The summed E-state index contributed by atoms with van der Waals surface area (Å²) in [6.45, 7) is 7.53. The van der Waals surface area contributed by atoms with Crippen molar-refractivity contribution in [3.8, 4) is 0 Å². The molecule has 1 aromatic carbocycles. The molecule has 1 rings (SSSR count). The smallest absolute Gasteiger partial charge is 0.0681 e. The molecule has 0 aliphatic carbocycles. The minimum absolute atomic E-state index is 0.0842. The standard InChI is InChI=1S/C11H12O/c1-3-9(2)11-6-4-10(8-12)5-7-11/h3-7,12H,1-2,8H2. The maximum atomic E-state index is 8.78. The van der Waals surface area contributed by atoms with Crippen LogP contribution in [0.2, 0.25) is 0 Å². The van der Waals surface area contributed by atoms with E-state index >= 15 is 0 Å². The van der Waals surface area contributed by atoms with E-state index < -0.39 is 0 Å². The molecule has 0 radical (unpaired) electrons.